The maximum absolute atomic E-state index is 12.8. The topological polar surface area (TPSA) is 92.8 Å². The minimum Gasteiger partial charge on any atom is -0.452 e. The van der Waals surface area contributed by atoms with Crippen molar-refractivity contribution in [3.8, 4) is 0 Å². The van der Waals surface area contributed by atoms with E-state index in [1.165, 1.54) is 23.1 Å². The van der Waals surface area contributed by atoms with Gasteiger partial charge in [-0.1, -0.05) is 30.1 Å². The quantitative estimate of drug-likeness (QED) is 0.485. The first-order valence-corrected chi connectivity index (χ1v) is 11.4. The van der Waals surface area contributed by atoms with E-state index < -0.39 is 18.5 Å². The van der Waals surface area contributed by atoms with Crippen LogP contribution in [0, 0.1) is 17.8 Å². The lowest BCUT2D eigenvalue weighted by molar-refractivity contribution is -0.122. The van der Waals surface area contributed by atoms with E-state index in [2.05, 4.69) is 12.2 Å². The lowest BCUT2D eigenvalue weighted by Crippen LogP contribution is -2.30. The Morgan fingerprint density at radius 3 is 2.42 bits per heavy atom. The van der Waals surface area contributed by atoms with Crippen LogP contribution >= 0.6 is 23.2 Å². The van der Waals surface area contributed by atoms with Crippen LogP contribution < -0.4 is 10.2 Å². The van der Waals surface area contributed by atoms with Gasteiger partial charge in [0.25, 0.3) is 5.91 Å². The maximum Gasteiger partial charge on any atom is 0.338 e. The highest BCUT2D eigenvalue weighted by Gasteiger charge is 2.49. The fraction of sp³-hybridized carbons (Fsp3) is 0.333. The Labute approximate surface area is 201 Å². The molecular formula is C24H22Cl2N2O5. The number of benzene rings is 2. The predicted octanol–water partition coefficient (Wildman–Crippen LogP) is 4.71. The number of halogens is 2. The van der Waals surface area contributed by atoms with Gasteiger partial charge in [-0.15, -0.1) is 0 Å². The van der Waals surface area contributed by atoms with E-state index in [0.29, 0.717) is 22.3 Å². The highest BCUT2D eigenvalue weighted by molar-refractivity contribution is 6.36. The molecule has 1 heterocycles. The van der Waals surface area contributed by atoms with Crippen LogP contribution in [0.3, 0.4) is 0 Å². The Bertz CT molecular complexity index is 1120. The summed E-state index contributed by atoms with van der Waals surface area (Å²) in [5.41, 5.74) is 0.973. The van der Waals surface area contributed by atoms with Gasteiger partial charge in [0.1, 0.15) is 0 Å². The van der Waals surface area contributed by atoms with Gasteiger partial charge in [-0.25, -0.2) is 4.79 Å². The molecular weight excluding hydrogens is 467 g/mol. The maximum atomic E-state index is 12.8. The van der Waals surface area contributed by atoms with Crippen molar-refractivity contribution in [3.63, 3.8) is 0 Å². The summed E-state index contributed by atoms with van der Waals surface area (Å²) in [6, 6.07) is 10.6. The van der Waals surface area contributed by atoms with Gasteiger partial charge in [0, 0.05) is 5.02 Å². The van der Waals surface area contributed by atoms with Crippen LogP contribution in [0.15, 0.2) is 42.5 Å². The molecule has 1 saturated carbocycles. The summed E-state index contributed by atoms with van der Waals surface area (Å²) in [7, 11) is 0. The molecule has 1 saturated heterocycles. The fourth-order valence-electron chi connectivity index (χ4n) is 4.38. The number of hydrogen-bond acceptors (Lipinski definition) is 5. The van der Waals surface area contributed by atoms with Crippen molar-refractivity contribution < 1.29 is 23.9 Å². The lowest BCUT2D eigenvalue weighted by atomic mass is 9.76. The minimum atomic E-state index is -0.708. The summed E-state index contributed by atoms with van der Waals surface area (Å²) < 4.78 is 5.05. The summed E-state index contributed by atoms with van der Waals surface area (Å²) in [5, 5.41) is 3.23. The second kappa shape index (κ2) is 9.53. The van der Waals surface area contributed by atoms with Gasteiger partial charge < -0.3 is 10.1 Å². The first kappa shape index (κ1) is 23.3. The molecule has 1 N–H and O–H groups in total. The molecule has 0 bridgehead atoms. The second-order valence-electron chi connectivity index (χ2n) is 8.44. The van der Waals surface area contributed by atoms with E-state index in [1.54, 1.807) is 24.3 Å². The van der Waals surface area contributed by atoms with Gasteiger partial charge >= 0.3 is 5.97 Å². The average molecular weight is 489 g/mol. The number of fused-ring (bicyclic) bond motifs is 1. The molecule has 2 aromatic rings. The third-order valence-corrected chi connectivity index (χ3v) is 6.64. The van der Waals surface area contributed by atoms with E-state index in [4.69, 9.17) is 27.9 Å². The van der Waals surface area contributed by atoms with Crippen molar-refractivity contribution in [2.45, 2.75) is 26.2 Å². The lowest BCUT2D eigenvalue weighted by Gasteiger charge is -2.25. The summed E-state index contributed by atoms with van der Waals surface area (Å²) in [5.74, 6) is -1.72. The summed E-state index contributed by atoms with van der Waals surface area (Å²) in [6.07, 6.45) is 2.39. The normalized spacial score (nSPS) is 22.2. The number of imide groups is 1. The number of esters is 1. The molecule has 3 atom stereocenters. The monoisotopic (exact) mass is 488 g/mol. The average Bonchev–Trinajstić information content (AvgIpc) is 3.03. The SMILES string of the molecule is C[C@@H]1CC[C@H]2C(=O)N(c3ccc(C(=O)OCC(=O)Nc4ccc(Cl)cc4Cl)cc3)C(=O)[C@@H]2C1. The predicted molar refractivity (Wildman–Crippen MR) is 124 cm³/mol. The van der Waals surface area contributed by atoms with Gasteiger partial charge in [0.05, 0.1) is 33.8 Å². The molecule has 0 radical (unpaired) electrons. The molecule has 0 aromatic heterocycles. The third kappa shape index (κ3) is 4.89. The van der Waals surface area contributed by atoms with Crippen molar-refractivity contribution in [1.29, 1.82) is 0 Å². The third-order valence-electron chi connectivity index (χ3n) is 6.09. The fourth-order valence-corrected chi connectivity index (χ4v) is 4.84. The Morgan fingerprint density at radius 2 is 1.73 bits per heavy atom. The number of amides is 3. The van der Waals surface area contributed by atoms with Crippen molar-refractivity contribution in [2.24, 2.45) is 17.8 Å². The van der Waals surface area contributed by atoms with Crippen LogP contribution in [0.4, 0.5) is 11.4 Å². The molecule has 2 aromatic carbocycles. The first-order valence-electron chi connectivity index (χ1n) is 10.6. The number of nitrogens with one attached hydrogen (secondary N) is 1. The van der Waals surface area contributed by atoms with Crippen LogP contribution in [0.2, 0.25) is 10.0 Å². The first-order chi connectivity index (χ1) is 15.7. The zero-order valence-electron chi connectivity index (χ0n) is 17.8. The van der Waals surface area contributed by atoms with Crippen LogP contribution in [-0.2, 0) is 19.1 Å². The summed E-state index contributed by atoms with van der Waals surface area (Å²) >= 11 is 11.8. The minimum absolute atomic E-state index is 0.176. The number of rotatable bonds is 5. The molecule has 2 fully saturated rings. The van der Waals surface area contributed by atoms with Crippen LogP contribution in [0.1, 0.15) is 36.5 Å². The molecule has 0 unspecified atom stereocenters. The zero-order chi connectivity index (χ0) is 23.7. The number of nitrogens with zero attached hydrogens (tertiary/aromatic N) is 1. The van der Waals surface area contributed by atoms with Gasteiger partial charge in [-0.2, -0.15) is 0 Å². The Balaban J connectivity index is 1.36. The molecule has 3 amide bonds. The van der Waals surface area contributed by atoms with E-state index in [0.717, 1.165) is 19.3 Å². The molecule has 7 nitrogen and oxygen atoms in total. The molecule has 9 heteroatoms. The molecule has 1 aliphatic carbocycles. The Kier molecular flexibility index (Phi) is 6.72. The van der Waals surface area contributed by atoms with Gasteiger partial charge in [-0.3, -0.25) is 19.3 Å². The Morgan fingerprint density at radius 1 is 1.03 bits per heavy atom. The standard InChI is InChI=1S/C24H22Cl2N2O5/c1-13-2-8-17-18(10-13)23(31)28(22(17)30)16-6-3-14(4-7-16)24(32)33-12-21(29)27-20-9-5-15(25)11-19(20)26/h3-7,9,11,13,17-18H,2,8,10,12H2,1H3,(H,27,29)/t13-,17-,18-/m1/s1. The highest BCUT2D eigenvalue weighted by atomic mass is 35.5. The van der Waals surface area contributed by atoms with Gasteiger partial charge in [0.15, 0.2) is 6.61 Å². The van der Waals surface area contributed by atoms with Gasteiger partial charge in [0.2, 0.25) is 11.8 Å². The summed E-state index contributed by atoms with van der Waals surface area (Å²) in [4.78, 5) is 51.3. The molecule has 1 aliphatic heterocycles. The van der Waals surface area contributed by atoms with Gasteiger partial charge in [-0.05, 0) is 67.6 Å². The van der Waals surface area contributed by atoms with Crippen LogP contribution in [0.5, 0.6) is 0 Å². The molecule has 33 heavy (non-hydrogen) atoms. The van der Waals surface area contributed by atoms with E-state index in [-0.39, 0.29) is 34.2 Å². The Hall–Kier alpha value is -2.90. The van der Waals surface area contributed by atoms with Crippen LogP contribution in [-0.4, -0.2) is 30.3 Å². The molecule has 172 valence electrons. The number of anilines is 2. The smallest absolute Gasteiger partial charge is 0.338 e. The van der Waals surface area contributed by atoms with Crippen molar-refractivity contribution in [3.05, 3.63) is 58.1 Å². The molecule has 2 aliphatic rings. The van der Waals surface area contributed by atoms with Crippen LogP contribution in [0.25, 0.3) is 0 Å². The zero-order valence-corrected chi connectivity index (χ0v) is 19.4. The molecule has 0 spiro atoms. The van der Waals surface area contributed by atoms with E-state index in [1.807, 2.05) is 0 Å². The number of ether oxygens (including phenoxy) is 1. The number of carbonyl (C=O) groups excluding carboxylic acids is 4. The number of hydrogen-bond donors (Lipinski definition) is 1. The van der Waals surface area contributed by atoms with E-state index in [9.17, 15) is 19.2 Å². The summed E-state index contributed by atoms with van der Waals surface area (Å²) in [6.45, 7) is 1.59. The van der Waals surface area contributed by atoms with Crippen molar-refractivity contribution in [1.82, 2.24) is 0 Å². The molecule has 4 rings (SSSR count). The number of carbonyl (C=O) groups is 4. The highest BCUT2D eigenvalue weighted by Crippen LogP contribution is 2.42. The van der Waals surface area contributed by atoms with E-state index >= 15 is 0 Å². The van der Waals surface area contributed by atoms with Crippen molar-refractivity contribution >= 4 is 58.3 Å². The second-order valence-corrected chi connectivity index (χ2v) is 9.28. The largest absolute Gasteiger partial charge is 0.452 e. The van der Waals surface area contributed by atoms with Crippen molar-refractivity contribution in [2.75, 3.05) is 16.8 Å².